The van der Waals surface area contributed by atoms with E-state index in [0.717, 1.165) is 5.56 Å². The maximum absolute atomic E-state index is 13.1. The van der Waals surface area contributed by atoms with Crippen LogP contribution < -0.4 is 4.74 Å². The summed E-state index contributed by atoms with van der Waals surface area (Å²) in [6, 6.07) is 10.1. The highest BCUT2D eigenvalue weighted by molar-refractivity contribution is 6.46. The third kappa shape index (κ3) is 3.42. The van der Waals surface area contributed by atoms with E-state index in [0.29, 0.717) is 22.7 Å². The van der Waals surface area contributed by atoms with E-state index >= 15 is 0 Å². The summed E-state index contributed by atoms with van der Waals surface area (Å²) in [4.78, 5) is 32.0. The van der Waals surface area contributed by atoms with Gasteiger partial charge in [-0.15, -0.1) is 0 Å². The van der Waals surface area contributed by atoms with Crippen LogP contribution >= 0.6 is 0 Å². The average Bonchev–Trinajstić information content (AvgIpc) is 3.27. The number of hydrogen-bond donors (Lipinski definition) is 1. The van der Waals surface area contributed by atoms with E-state index in [2.05, 4.69) is 4.98 Å². The minimum absolute atomic E-state index is 0.0143. The van der Waals surface area contributed by atoms with E-state index in [1.165, 1.54) is 12.0 Å². The SMILES string of the molecule is COCCN1C(=O)C(=O)/C(=C(/O)c2nc3c(C)cccn3c2C)C1c1ccc(OC)cc1. The molecule has 1 unspecified atom stereocenters. The molecule has 0 aliphatic carbocycles. The lowest BCUT2D eigenvalue weighted by Crippen LogP contribution is -2.32. The zero-order valence-corrected chi connectivity index (χ0v) is 18.5. The number of carbonyl (C=O) groups excluding carboxylic acids is 2. The van der Waals surface area contributed by atoms with E-state index in [4.69, 9.17) is 9.47 Å². The number of fused-ring (bicyclic) bond motifs is 1. The molecule has 0 spiro atoms. The lowest BCUT2D eigenvalue weighted by atomic mass is 9.96. The van der Waals surface area contributed by atoms with E-state index in [1.807, 2.05) is 36.6 Å². The van der Waals surface area contributed by atoms with Gasteiger partial charge in [-0.25, -0.2) is 4.98 Å². The Hall–Kier alpha value is -3.65. The van der Waals surface area contributed by atoms with Crippen LogP contribution in [0.15, 0.2) is 48.2 Å². The van der Waals surface area contributed by atoms with Crippen molar-refractivity contribution in [3.05, 3.63) is 70.7 Å². The van der Waals surface area contributed by atoms with Crippen LogP contribution in [0.4, 0.5) is 0 Å². The van der Waals surface area contributed by atoms with Crippen LogP contribution in [-0.2, 0) is 14.3 Å². The fourth-order valence-corrected chi connectivity index (χ4v) is 4.11. The second kappa shape index (κ2) is 8.47. The molecule has 1 fully saturated rings. The molecular weight excluding hydrogens is 410 g/mol. The minimum atomic E-state index is -0.763. The summed E-state index contributed by atoms with van der Waals surface area (Å²) in [7, 11) is 3.09. The molecule has 0 saturated carbocycles. The van der Waals surface area contributed by atoms with Crippen LogP contribution in [0.1, 0.15) is 28.6 Å². The molecule has 1 aromatic carbocycles. The van der Waals surface area contributed by atoms with E-state index < -0.39 is 17.7 Å². The summed E-state index contributed by atoms with van der Waals surface area (Å²) in [5.41, 5.74) is 3.27. The molecule has 0 radical (unpaired) electrons. The fourth-order valence-electron chi connectivity index (χ4n) is 4.11. The van der Waals surface area contributed by atoms with E-state index in [9.17, 15) is 14.7 Å². The molecular formula is C24H25N3O5. The molecule has 166 valence electrons. The van der Waals surface area contributed by atoms with Crippen molar-refractivity contribution in [2.24, 2.45) is 0 Å². The van der Waals surface area contributed by atoms with Crippen molar-refractivity contribution < 1.29 is 24.2 Å². The molecule has 32 heavy (non-hydrogen) atoms. The van der Waals surface area contributed by atoms with Gasteiger partial charge in [-0.2, -0.15) is 0 Å². The van der Waals surface area contributed by atoms with Gasteiger partial charge in [0.25, 0.3) is 11.7 Å². The average molecular weight is 435 g/mol. The first kappa shape index (κ1) is 21.6. The van der Waals surface area contributed by atoms with Crippen molar-refractivity contribution in [2.75, 3.05) is 27.4 Å². The van der Waals surface area contributed by atoms with Gasteiger partial charge in [0.1, 0.15) is 17.1 Å². The van der Waals surface area contributed by atoms with Crippen molar-refractivity contribution in [1.82, 2.24) is 14.3 Å². The number of hydrogen-bond acceptors (Lipinski definition) is 6. The van der Waals surface area contributed by atoms with Gasteiger partial charge in [0.05, 0.1) is 31.0 Å². The number of aryl methyl sites for hydroxylation is 2. The number of nitrogens with zero attached hydrogens (tertiary/aromatic N) is 3. The Bertz CT molecular complexity index is 1230. The molecule has 8 heteroatoms. The third-order valence-electron chi connectivity index (χ3n) is 5.82. The second-order valence-electron chi connectivity index (χ2n) is 7.69. The maximum atomic E-state index is 13.1. The van der Waals surface area contributed by atoms with Gasteiger partial charge in [0.15, 0.2) is 5.76 Å². The van der Waals surface area contributed by atoms with Crippen molar-refractivity contribution >= 4 is 23.1 Å². The van der Waals surface area contributed by atoms with Crippen molar-refractivity contribution in [2.45, 2.75) is 19.9 Å². The van der Waals surface area contributed by atoms with Crippen LogP contribution in [0.2, 0.25) is 0 Å². The first-order valence-electron chi connectivity index (χ1n) is 10.2. The summed E-state index contributed by atoms with van der Waals surface area (Å²) in [5.74, 6) is -1.06. The monoisotopic (exact) mass is 435 g/mol. The molecule has 3 aromatic rings. The Morgan fingerprint density at radius 1 is 1.12 bits per heavy atom. The zero-order valence-electron chi connectivity index (χ0n) is 18.5. The Labute approximate surface area is 185 Å². The highest BCUT2D eigenvalue weighted by atomic mass is 16.5. The van der Waals surface area contributed by atoms with Crippen LogP contribution in [0, 0.1) is 13.8 Å². The molecule has 4 rings (SSSR count). The molecule has 1 saturated heterocycles. The van der Waals surface area contributed by atoms with Gasteiger partial charge in [0.2, 0.25) is 0 Å². The normalized spacial score (nSPS) is 18.0. The Morgan fingerprint density at radius 3 is 2.47 bits per heavy atom. The number of ether oxygens (including phenoxy) is 2. The molecule has 0 bridgehead atoms. The van der Waals surface area contributed by atoms with E-state index in [-0.39, 0.29) is 30.2 Å². The number of aromatic nitrogens is 2. The summed E-state index contributed by atoms with van der Waals surface area (Å²) in [5, 5.41) is 11.3. The highest BCUT2D eigenvalue weighted by Gasteiger charge is 2.46. The van der Waals surface area contributed by atoms with Crippen LogP contribution in [0.3, 0.4) is 0 Å². The maximum Gasteiger partial charge on any atom is 0.295 e. The molecule has 1 N–H and O–H groups in total. The molecule has 1 aliphatic heterocycles. The number of pyridine rings is 1. The predicted molar refractivity (Wildman–Crippen MR) is 119 cm³/mol. The third-order valence-corrected chi connectivity index (χ3v) is 5.82. The zero-order chi connectivity index (χ0) is 23.0. The first-order valence-corrected chi connectivity index (χ1v) is 10.2. The van der Waals surface area contributed by atoms with Crippen molar-refractivity contribution in [1.29, 1.82) is 0 Å². The number of aliphatic hydroxyl groups is 1. The van der Waals surface area contributed by atoms with Gasteiger partial charge in [-0.1, -0.05) is 18.2 Å². The summed E-state index contributed by atoms with van der Waals surface area (Å²) >= 11 is 0. The number of ketones is 1. The number of imidazole rings is 1. The molecule has 1 amide bonds. The summed E-state index contributed by atoms with van der Waals surface area (Å²) < 4.78 is 12.2. The Kier molecular flexibility index (Phi) is 5.71. The number of carbonyl (C=O) groups is 2. The molecule has 8 nitrogen and oxygen atoms in total. The number of benzene rings is 1. The molecule has 1 aliphatic rings. The molecule has 2 aromatic heterocycles. The van der Waals surface area contributed by atoms with E-state index in [1.54, 1.807) is 31.4 Å². The largest absolute Gasteiger partial charge is 0.505 e. The number of Topliss-reactive ketones (excluding diaryl/α,β-unsaturated/α-hetero) is 1. The quantitative estimate of drug-likeness (QED) is 0.363. The van der Waals surface area contributed by atoms with Crippen LogP contribution in [0.5, 0.6) is 5.75 Å². The van der Waals surface area contributed by atoms with Crippen molar-refractivity contribution in [3.63, 3.8) is 0 Å². The fraction of sp³-hybridized carbons (Fsp3) is 0.292. The second-order valence-corrected chi connectivity index (χ2v) is 7.69. The summed E-state index contributed by atoms with van der Waals surface area (Å²) in [6.45, 7) is 4.20. The molecule has 3 heterocycles. The standard InChI is InChI=1S/C24H25N3O5/c1-14-6-5-11-26-15(2)19(25-23(14)26)21(28)18-20(16-7-9-17(32-4)10-8-16)27(12-13-31-3)24(30)22(18)29/h5-11,20,28H,12-13H2,1-4H3/b21-18+. The van der Waals surface area contributed by atoms with Gasteiger partial charge >= 0.3 is 0 Å². The topological polar surface area (TPSA) is 93.4 Å². The van der Waals surface area contributed by atoms with Gasteiger partial charge in [-0.3, -0.25) is 9.59 Å². The number of methoxy groups -OCH3 is 2. The summed E-state index contributed by atoms with van der Waals surface area (Å²) in [6.07, 6.45) is 1.85. The highest BCUT2D eigenvalue weighted by Crippen LogP contribution is 2.40. The smallest absolute Gasteiger partial charge is 0.295 e. The number of likely N-dealkylation sites (tertiary alicyclic amines) is 1. The number of rotatable bonds is 6. The Balaban J connectivity index is 1.91. The lowest BCUT2D eigenvalue weighted by Gasteiger charge is -2.25. The molecule has 1 atom stereocenters. The van der Waals surface area contributed by atoms with Crippen molar-refractivity contribution in [3.8, 4) is 5.75 Å². The van der Waals surface area contributed by atoms with Crippen LogP contribution in [-0.4, -0.2) is 58.5 Å². The van der Waals surface area contributed by atoms with Crippen LogP contribution in [0.25, 0.3) is 11.4 Å². The van der Waals surface area contributed by atoms with Gasteiger partial charge in [-0.05, 0) is 43.2 Å². The predicted octanol–water partition coefficient (Wildman–Crippen LogP) is 3.03. The number of amides is 1. The Morgan fingerprint density at radius 2 is 1.84 bits per heavy atom. The number of aliphatic hydroxyl groups excluding tert-OH is 1. The van der Waals surface area contributed by atoms with Gasteiger partial charge < -0.3 is 23.9 Å². The van der Waals surface area contributed by atoms with Gasteiger partial charge in [0, 0.05) is 19.9 Å². The minimum Gasteiger partial charge on any atom is -0.505 e. The lowest BCUT2D eigenvalue weighted by molar-refractivity contribution is -0.140. The first-order chi connectivity index (χ1) is 15.4.